The van der Waals surface area contributed by atoms with Crippen molar-refractivity contribution < 1.29 is 23.8 Å². The van der Waals surface area contributed by atoms with Gasteiger partial charge in [0.2, 0.25) is 11.8 Å². The van der Waals surface area contributed by atoms with Crippen LogP contribution in [0.5, 0.6) is 5.75 Å². The van der Waals surface area contributed by atoms with Gasteiger partial charge in [0, 0.05) is 25.9 Å². The van der Waals surface area contributed by atoms with Gasteiger partial charge in [-0.25, -0.2) is 0 Å². The summed E-state index contributed by atoms with van der Waals surface area (Å²) in [6, 6.07) is 13.3. The zero-order valence-electron chi connectivity index (χ0n) is 18.3. The smallest absolute Gasteiger partial charge is 0.242 e. The van der Waals surface area contributed by atoms with E-state index in [4.69, 9.17) is 14.2 Å². The van der Waals surface area contributed by atoms with E-state index in [0.717, 1.165) is 17.0 Å². The highest BCUT2D eigenvalue weighted by Gasteiger charge is 2.35. The van der Waals surface area contributed by atoms with Gasteiger partial charge in [0.25, 0.3) is 0 Å². The first kappa shape index (κ1) is 22.2. The van der Waals surface area contributed by atoms with Crippen molar-refractivity contribution in [3.63, 3.8) is 0 Å². The molecule has 2 atom stereocenters. The molecule has 0 N–H and O–H groups in total. The molecular weight excluding hydrogens is 410 g/mol. The topological polar surface area (TPSA) is 81.2 Å². The molecule has 2 amide bonds. The number of carbonyl (C=O) groups excluding carboxylic acids is 2. The van der Waals surface area contributed by atoms with Crippen LogP contribution in [0.4, 0.5) is 0 Å². The number of benzene rings is 1. The van der Waals surface area contributed by atoms with Gasteiger partial charge in [-0.05, 0) is 36.2 Å². The number of carbonyl (C=O) groups is 2. The van der Waals surface area contributed by atoms with E-state index in [1.54, 1.807) is 23.1 Å². The maximum Gasteiger partial charge on any atom is 0.242 e. The van der Waals surface area contributed by atoms with Crippen molar-refractivity contribution >= 4 is 11.8 Å². The second-order valence-corrected chi connectivity index (χ2v) is 8.16. The van der Waals surface area contributed by atoms with E-state index in [2.05, 4.69) is 4.98 Å². The van der Waals surface area contributed by atoms with Gasteiger partial charge in [0.1, 0.15) is 5.75 Å². The average Bonchev–Trinajstić information content (AvgIpc) is 3.31. The summed E-state index contributed by atoms with van der Waals surface area (Å²) in [4.78, 5) is 33.8. The van der Waals surface area contributed by atoms with Crippen LogP contribution in [0.25, 0.3) is 0 Å². The fourth-order valence-electron chi connectivity index (χ4n) is 4.06. The summed E-state index contributed by atoms with van der Waals surface area (Å²) in [7, 11) is 1.63. The van der Waals surface area contributed by atoms with E-state index < -0.39 is 0 Å². The van der Waals surface area contributed by atoms with Crippen molar-refractivity contribution in [2.45, 2.75) is 25.7 Å². The van der Waals surface area contributed by atoms with Crippen molar-refractivity contribution in [2.24, 2.45) is 5.92 Å². The fourth-order valence-corrected chi connectivity index (χ4v) is 4.06. The van der Waals surface area contributed by atoms with E-state index >= 15 is 0 Å². The molecule has 2 saturated heterocycles. The summed E-state index contributed by atoms with van der Waals surface area (Å²) in [5.74, 6) is 0.432. The van der Waals surface area contributed by atoms with E-state index in [1.807, 2.05) is 42.5 Å². The van der Waals surface area contributed by atoms with Gasteiger partial charge in [-0.2, -0.15) is 0 Å². The van der Waals surface area contributed by atoms with Crippen LogP contribution in [0.1, 0.15) is 17.7 Å². The Morgan fingerprint density at radius 1 is 1.22 bits per heavy atom. The predicted molar refractivity (Wildman–Crippen MR) is 117 cm³/mol. The summed E-state index contributed by atoms with van der Waals surface area (Å²) < 4.78 is 16.9. The molecule has 4 rings (SSSR count). The van der Waals surface area contributed by atoms with E-state index in [1.165, 1.54) is 0 Å². The number of rotatable bonds is 7. The second kappa shape index (κ2) is 10.6. The van der Waals surface area contributed by atoms with Gasteiger partial charge < -0.3 is 24.0 Å². The number of ether oxygens (including phenoxy) is 3. The first-order valence-electron chi connectivity index (χ1n) is 10.9. The Morgan fingerprint density at radius 2 is 2.12 bits per heavy atom. The van der Waals surface area contributed by atoms with Crippen molar-refractivity contribution in [1.29, 1.82) is 0 Å². The van der Waals surface area contributed by atoms with Crippen molar-refractivity contribution in [2.75, 3.05) is 40.0 Å². The van der Waals surface area contributed by atoms with Crippen LogP contribution in [0.3, 0.4) is 0 Å². The Bertz CT molecular complexity index is 917. The fraction of sp³-hybridized carbons (Fsp3) is 0.458. The molecule has 8 nitrogen and oxygen atoms in total. The summed E-state index contributed by atoms with van der Waals surface area (Å²) in [6.07, 6.45) is 2.09. The molecule has 0 aliphatic carbocycles. The lowest BCUT2D eigenvalue weighted by Crippen LogP contribution is -2.43. The monoisotopic (exact) mass is 439 g/mol. The zero-order valence-corrected chi connectivity index (χ0v) is 18.3. The van der Waals surface area contributed by atoms with Crippen molar-refractivity contribution in [1.82, 2.24) is 14.8 Å². The molecule has 0 spiro atoms. The second-order valence-electron chi connectivity index (χ2n) is 8.16. The van der Waals surface area contributed by atoms with E-state index in [-0.39, 0.29) is 30.4 Å². The molecule has 2 fully saturated rings. The maximum absolute atomic E-state index is 13.1. The Kier molecular flexibility index (Phi) is 7.34. The third-order valence-corrected chi connectivity index (χ3v) is 5.82. The van der Waals surface area contributed by atoms with Crippen LogP contribution in [0, 0.1) is 5.92 Å². The largest absolute Gasteiger partial charge is 0.497 e. The summed E-state index contributed by atoms with van der Waals surface area (Å²) in [6.45, 7) is 2.54. The number of hydrogen-bond donors (Lipinski definition) is 0. The minimum absolute atomic E-state index is 0.0366. The van der Waals surface area contributed by atoms with Gasteiger partial charge in [-0.15, -0.1) is 0 Å². The minimum atomic E-state index is -0.317. The minimum Gasteiger partial charge on any atom is -0.497 e. The number of nitrogens with zero attached hydrogens (tertiary/aromatic N) is 3. The number of aromatic nitrogens is 1. The number of hydrogen-bond acceptors (Lipinski definition) is 6. The van der Waals surface area contributed by atoms with Gasteiger partial charge >= 0.3 is 0 Å². The van der Waals surface area contributed by atoms with Crippen LogP contribution < -0.4 is 4.74 Å². The third kappa shape index (κ3) is 5.63. The molecule has 0 unspecified atom stereocenters. The number of methoxy groups -OCH3 is 1. The van der Waals surface area contributed by atoms with Gasteiger partial charge in [-0.3, -0.25) is 14.6 Å². The van der Waals surface area contributed by atoms with Gasteiger partial charge in [0.05, 0.1) is 51.1 Å². The van der Waals surface area contributed by atoms with Crippen molar-refractivity contribution in [3.05, 3.63) is 59.9 Å². The third-order valence-electron chi connectivity index (χ3n) is 5.82. The SMILES string of the molecule is COc1cccc(CO[C@@H]2CN(Cc3ccccn3)C(=O)CN(C(=O)[C@H]3CCOC3)C2)c1. The predicted octanol–water partition coefficient (Wildman–Crippen LogP) is 1.88. The number of pyridine rings is 1. The lowest BCUT2D eigenvalue weighted by Gasteiger charge is -2.26. The standard InChI is InChI=1S/C24H29N3O5/c1-30-21-7-4-5-18(11-21)16-32-22-13-26(12-20-6-2-3-9-25-20)23(28)15-27(14-22)24(29)19-8-10-31-17-19/h2-7,9,11,19,22H,8,10,12-17H2,1H3/t19-,22+/m0/s1. The molecule has 8 heteroatoms. The highest BCUT2D eigenvalue weighted by molar-refractivity contribution is 5.86. The quantitative estimate of drug-likeness (QED) is 0.655. The molecule has 170 valence electrons. The zero-order chi connectivity index (χ0) is 22.3. The Balaban J connectivity index is 1.49. The van der Waals surface area contributed by atoms with Crippen LogP contribution in [0.15, 0.2) is 48.7 Å². The Hall–Kier alpha value is -2.97. The lowest BCUT2D eigenvalue weighted by molar-refractivity contribution is -0.141. The molecule has 0 saturated carbocycles. The Morgan fingerprint density at radius 3 is 2.88 bits per heavy atom. The van der Waals surface area contributed by atoms with Crippen LogP contribution >= 0.6 is 0 Å². The first-order chi connectivity index (χ1) is 15.6. The summed E-state index contributed by atoms with van der Waals surface area (Å²) in [5, 5.41) is 0. The van der Waals surface area contributed by atoms with Crippen LogP contribution in [-0.4, -0.2) is 72.7 Å². The highest BCUT2D eigenvalue weighted by Crippen LogP contribution is 2.20. The molecule has 3 heterocycles. The molecule has 2 aliphatic rings. The van der Waals surface area contributed by atoms with Gasteiger partial charge in [0.15, 0.2) is 0 Å². The van der Waals surface area contributed by atoms with Crippen LogP contribution in [-0.2, 0) is 32.2 Å². The molecule has 0 radical (unpaired) electrons. The molecule has 32 heavy (non-hydrogen) atoms. The van der Waals surface area contributed by atoms with E-state index in [0.29, 0.717) is 45.9 Å². The highest BCUT2D eigenvalue weighted by atomic mass is 16.5. The van der Waals surface area contributed by atoms with E-state index in [9.17, 15) is 9.59 Å². The van der Waals surface area contributed by atoms with Crippen LogP contribution in [0.2, 0.25) is 0 Å². The Labute approximate surface area is 188 Å². The molecular formula is C24H29N3O5. The van der Waals surface area contributed by atoms with Crippen molar-refractivity contribution in [3.8, 4) is 5.75 Å². The molecule has 1 aromatic heterocycles. The molecule has 1 aromatic carbocycles. The molecule has 2 aliphatic heterocycles. The molecule has 0 bridgehead atoms. The first-order valence-corrected chi connectivity index (χ1v) is 10.9. The molecule has 2 aromatic rings. The normalized spacial score (nSPS) is 21.5. The summed E-state index contributed by atoms with van der Waals surface area (Å²) in [5.41, 5.74) is 1.77. The van der Waals surface area contributed by atoms with Gasteiger partial charge in [-0.1, -0.05) is 18.2 Å². The average molecular weight is 440 g/mol. The maximum atomic E-state index is 13.1. The lowest BCUT2D eigenvalue weighted by atomic mass is 10.1. The number of amides is 2. The summed E-state index contributed by atoms with van der Waals surface area (Å²) >= 11 is 0.